The summed E-state index contributed by atoms with van der Waals surface area (Å²) in [4.78, 5) is 0. The first-order valence-electron chi connectivity index (χ1n) is 5.23. The fraction of sp³-hybridized carbons (Fsp3) is 1.00. The van der Waals surface area contributed by atoms with Crippen LogP contribution >= 0.6 is 0 Å². The first-order valence-corrected chi connectivity index (χ1v) is 5.23. The van der Waals surface area contributed by atoms with E-state index in [1.807, 2.05) is 7.05 Å². The highest BCUT2D eigenvalue weighted by molar-refractivity contribution is 4.63. The molecule has 0 heterocycles. The fourth-order valence-corrected chi connectivity index (χ4v) is 1.02. The predicted octanol–water partition coefficient (Wildman–Crippen LogP) is 1.67. The molecule has 0 aromatic heterocycles. The number of rotatable bonds is 7. The van der Waals surface area contributed by atoms with Gasteiger partial charge in [0, 0.05) is 13.7 Å². The summed E-state index contributed by atoms with van der Waals surface area (Å²) in [5.41, 5.74) is 0.358. The number of ether oxygens (including phenoxy) is 2. The molecule has 0 aliphatic rings. The second-order valence-corrected chi connectivity index (χ2v) is 4.83. The first kappa shape index (κ1) is 13.9. The summed E-state index contributed by atoms with van der Waals surface area (Å²) in [6, 6.07) is 0.306. The van der Waals surface area contributed by atoms with E-state index in [4.69, 9.17) is 9.47 Å². The number of likely N-dealkylation sites (N-methyl/N-ethyl adjacent to an activating group) is 1. The third kappa shape index (κ3) is 8.48. The van der Waals surface area contributed by atoms with E-state index in [9.17, 15) is 0 Å². The zero-order valence-corrected chi connectivity index (χ0v) is 10.2. The molecule has 0 bridgehead atoms. The summed E-state index contributed by atoms with van der Waals surface area (Å²) in [7, 11) is 3.64. The lowest BCUT2D eigenvalue weighted by Gasteiger charge is -2.19. The van der Waals surface area contributed by atoms with E-state index < -0.39 is 0 Å². The Hall–Kier alpha value is -0.120. The van der Waals surface area contributed by atoms with Gasteiger partial charge in [-0.05, 0) is 18.9 Å². The number of hydrogen-bond donors (Lipinski definition) is 1. The molecule has 14 heavy (non-hydrogen) atoms. The van der Waals surface area contributed by atoms with Gasteiger partial charge >= 0.3 is 0 Å². The zero-order valence-electron chi connectivity index (χ0n) is 10.2. The maximum atomic E-state index is 5.57. The quantitative estimate of drug-likeness (QED) is 0.639. The van der Waals surface area contributed by atoms with Gasteiger partial charge in [-0.1, -0.05) is 20.8 Å². The molecular weight excluding hydrogens is 178 g/mol. The lowest BCUT2D eigenvalue weighted by atomic mass is 9.93. The number of nitrogens with one attached hydrogen (secondary N) is 1. The van der Waals surface area contributed by atoms with Crippen molar-refractivity contribution in [2.75, 3.05) is 34.0 Å². The minimum atomic E-state index is 0.306. The van der Waals surface area contributed by atoms with E-state index in [0.717, 1.165) is 19.6 Å². The molecule has 1 N–H and O–H groups in total. The van der Waals surface area contributed by atoms with E-state index in [2.05, 4.69) is 26.1 Å². The minimum Gasteiger partial charge on any atom is -0.383 e. The van der Waals surface area contributed by atoms with Crippen LogP contribution < -0.4 is 5.32 Å². The summed E-state index contributed by atoms with van der Waals surface area (Å²) < 4.78 is 10.6. The molecule has 0 aliphatic carbocycles. The van der Waals surface area contributed by atoms with Gasteiger partial charge in [0.05, 0.1) is 19.3 Å². The maximum absolute atomic E-state index is 5.57. The van der Waals surface area contributed by atoms with Gasteiger partial charge in [-0.25, -0.2) is 0 Å². The van der Waals surface area contributed by atoms with Crippen LogP contribution in [0, 0.1) is 5.41 Å². The third-order valence-corrected chi connectivity index (χ3v) is 2.09. The van der Waals surface area contributed by atoms with Gasteiger partial charge in [0.2, 0.25) is 0 Å². The highest BCUT2D eigenvalue weighted by atomic mass is 16.5. The smallest absolute Gasteiger partial charge is 0.0642 e. The normalized spacial score (nSPS) is 14.4. The Balaban J connectivity index is 3.42. The highest BCUT2D eigenvalue weighted by Crippen LogP contribution is 2.17. The Labute approximate surface area is 88.2 Å². The lowest BCUT2D eigenvalue weighted by molar-refractivity contribution is 0.0641. The molecule has 0 saturated carbocycles. The molecular formula is C11H25NO2. The molecule has 3 nitrogen and oxygen atoms in total. The van der Waals surface area contributed by atoms with Crippen LogP contribution in [0.15, 0.2) is 0 Å². The molecule has 0 aromatic rings. The van der Waals surface area contributed by atoms with Crippen LogP contribution in [0.2, 0.25) is 0 Å². The largest absolute Gasteiger partial charge is 0.383 e. The van der Waals surface area contributed by atoms with E-state index in [1.54, 1.807) is 7.11 Å². The number of methoxy groups -OCH3 is 1. The fourth-order valence-electron chi connectivity index (χ4n) is 1.02. The average molecular weight is 203 g/mol. The highest BCUT2D eigenvalue weighted by Gasteiger charge is 2.10. The average Bonchev–Trinajstić information content (AvgIpc) is 2.08. The second-order valence-electron chi connectivity index (χ2n) is 4.83. The predicted molar refractivity (Wildman–Crippen MR) is 59.6 cm³/mol. The van der Waals surface area contributed by atoms with Crippen LogP contribution in [-0.4, -0.2) is 40.0 Å². The Morgan fingerprint density at radius 3 is 2.29 bits per heavy atom. The van der Waals surface area contributed by atoms with Crippen LogP contribution in [-0.2, 0) is 9.47 Å². The van der Waals surface area contributed by atoms with Gasteiger partial charge in [-0.15, -0.1) is 0 Å². The van der Waals surface area contributed by atoms with Gasteiger partial charge in [-0.3, -0.25) is 0 Å². The van der Waals surface area contributed by atoms with Gasteiger partial charge in [0.15, 0.2) is 0 Å². The van der Waals surface area contributed by atoms with Crippen LogP contribution in [0.25, 0.3) is 0 Å². The topological polar surface area (TPSA) is 30.5 Å². The van der Waals surface area contributed by atoms with Crippen molar-refractivity contribution in [1.82, 2.24) is 5.32 Å². The van der Waals surface area contributed by atoms with Crippen molar-refractivity contribution in [3.8, 4) is 0 Å². The Bertz CT molecular complexity index is 132. The Morgan fingerprint density at radius 1 is 1.21 bits per heavy atom. The molecule has 0 aliphatic heterocycles. The van der Waals surface area contributed by atoms with Crippen molar-refractivity contribution in [2.45, 2.75) is 33.2 Å². The molecule has 86 valence electrons. The summed E-state index contributed by atoms with van der Waals surface area (Å²) in [6.07, 6.45) is 1.09. The van der Waals surface area contributed by atoms with Crippen molar-refractivity contribution in [3.63, 3.8) is 0 Å². The van der Waals surface area contributed by atoms with Gasteiger partial charge in [-0.2, -0.15) is 0 Å². The maximum Gasteiger partial charge on any atom is 0.0642 e. The van der Waals surface area contributed by atoms with Crippen molar-refractivity contribution in [3.05, 3.63) is 0 Å². The first-order chi connectivity index (χ1) is 6.49. The molecule has 0 fully saturated rings. The lowest BCUT2D eigenvalue weighted by Crippen LogP contribution is -2.34. The Kier molecular flexibility index (Phi) is 7.15. The molecule has 1 atom stereocenters. The van der Waals surface area contributed by atoms with Gasteiger partial charge < -0.3 is 14.8 Å². The summed E-state index contributed by atoms with van der Waals surface area (Å²) in [5, 5.41) is 3.15. The molecule has 0 amide bonds. The summed E-state index contributed by atoms with van der Waals surface area (Å²) >= 11 is 0. The molecule has 1 unspecified atom stereocenters. The van der Waals surface area contributed by atoms with E-state index in [1.165, 1.54) is 0 Å². The van der Waals surface area contributed by atoms with E-state index in [-0.39, 0.29) is 0 Å². The van der Waals surface area contributed by atoms with Crippen molar-refractivity contribution >= 4 is 0 Å². The van der Waals surface area contributed by atoms with Crippen LogP contribution in [0.3, 0.4) is 0 Å². The van der Waals surface area contributed by atoms with Crippen molar-refractivity contribution < 1.29 is 9.47 Å². The van der Waals surface area contributed by atoms with Crippen LogP contribution in [0.5, 0.6) is 0 Å². The van der Waals surface area contributed by atoms with Crippen molar-refractivity contribution in [1.29, 1.82) is 0 Å². The third-order valence-electron chi connectivity index (χ3n) is 2.09. The molecule has 0 radical (unpaired) electrons. The zero-order chi connectivity index (χ0) is 11.0. The summed E-state index contributed by atoms with van der Waals surface area (Å²) in [6.45, 7) is 8.92. The molecule has 0 aromatic carbocycles. The molecule has 0 rings (SSSR count). The van der Waals surface area contributed by atoms with Crippen LogP contribution in [0.4, 0.5) is 0 Å². The summed E-state index contributed by atoms with van der Waals surface area (Å²) in [5.74, 6) is 0. The number of hydrogen-bond acceptors (Lipinski definition) is 3. The monoisotopic (exact) mass is 203 g/mol. The second kappa shape index (κ2) is 7.21. The van der Waals surface area contributed by atoms with E-state index in [0.29, 0.717) is 18.1 Å². The molecule has 0 spiro atoms. The van der Waals surface area contributed by atoms with Crippen LogP contribution in [0.1, 0.15) is 27.2 Å². The minimum absolute atomic E-state index is 0.306. The SMILES string of the molecule is CNC(COC)COCCC(C)(C)C. The Morgan fingerprint density at radius 2 is 1.86 bits per heavy atom. The van der Waals surface area contributed by atoms with Crippen molar-refractivity contribution in [2.24, 2.45) is 5.41 Å². The van der Waals surface area contributed by atoms with E-state index >= 15 is 0 Å². The molecule has 0 saturated heterocycles. The van der Waals surface area contributed by atoms with Gasteiger partial charge in [0.1, 0.15) is 0 Å². The standard InChI is InChI=1S/C11H25NO2/c1-11(2,3)6-7-14-9-10(12-4)8-13-5/h10,12H,6-9H2,1-5H3. The van der Waals surface area contributed by atoms with Gasteiger partial charge in [0.25, 0.3) is 0 Å². The molecule has 3 heteroatoms.